The quantitative estimate of drug-likeness (QED) is 0.904. The number of hydrogen-bond acceptors (Lipinski definition) is 5. The highest BCUT2D eigenvalue weighted by Crippen LogP contribution is 2.37. The molecule has 0 aliphatic carbocycles. The van der Waals surface area contributed by atoms with Crippen LogP contribution < -0.4 is 14.8 Å². The Morgan fingerprint density at radius 1 is 1.35 bits per heavy atom. The second-order valence-corrected chi connectivity index (χ2v) is 4.72. The molecular weight excluding hydrogens is 256 g/mol. The van der Waals surface area contributed by atoms with E-state index in [1.807, 2.05) is 26.2 Å². The van der Waals surface area contributed by atoms with E-state index in [-0.39, 0.29) is 6.04 Å². The van der Waals surface area contributed by atoms with Crippen LogP contribution in [0.25, 0.3) is 0 Å². The molecule has 0 amide bonds. The first-order valence-corrected chi connectivity index (χ1v) is 6.68. The third-order valence-electron chi connectivity index (χ3n) is 3.51. The van der Waals surface area contributed by atoms with Gasteiger partial charge in [0.15, 0.2) is 11.5 Å². The SMILES string of the molecule is CNC(Cc1ncnn1C)c1cccc2c1OCCO2. The third kappa shape index (κ3) is 2.34. The zero-order valence-corrected chi connectivity index (χ0v) is 11.7. The molecule has 0 fully saturated rings. The number of likely N-dealkylation sites (N-methyl/N-ethyl adjacent to an activating group) is 1. The van der Waals surface area contributed by atoms with E-state index in [9.17, 15) is 0 Å². The van der Waals surface area contributed by atoms with Gasteiger partial charge in [-0.05, 0) is 13.1 Å². The van der Waals surface area contributed by atoms with Gasteiger partial charge in [-0.3, -0.25) is 4.68 Å². The van der Waals surface area contributed by atoms with Crippen molar-refractivity contribution in [3.63, 3.8) is 0 Å². The lowest BCUT2D eigenvalue weighted by molar-refractivity contribution is 0.168. The minimum atomic E-state index is 0.106. The normalized spacial score (nSPS) is 15.1. The zero-order valence-electron chi connectivity index (χ0n) is 11.7. The summed E-state index contributed by atoms with van der Waals surface area (Å²) in [4.78, 5) is 4.28. The maximum atomic E-state index is 5.78. The Morgan fingerprint density at radius 2 is 2.20 bits per heavy atom. The summed E-state index contributed by atoms with van der Waals surface area (Å²) >= 11 is 0. The van der Waals surface area contributed by atoms with Crippen LogP contribution in [-0.4, -0.2) is 35.0 Å². The van der Waals surface area contributed by atoms with Gasteiger partial charge in [-0.1, -0.05) is 12.1 Å². The number of aryl methyl sites for hydroxylation is 1. The van der Waals surface area contributed by atoms with E-state index < -0.39 is 0 Å². The van der Waals surface area contributed by atoms with E-state index in [0.717, 1.165) is 29.3 Å². The summed E-state index contributed by atoms with van der Waals surface area (Å²) in [6, 6.07) is 6.09. The van der Waals surface area contributed by atoms with Gasteiger partial charge in [-0.25, -0.2) is 4.98 Å². The van der Waals surface area contributed by atoms with Crippen LogP contribution in [0.5, 0.6) is 11.5 Å². The monoisotopic (exact) mass is 274 g/mol. The second-order valence-electron chi connectivity index (χ2n) is 4.72. The van der Waals surface area contributed by atoms with Crippen LogP contribution >= 0.6 is 0 Å². The summed E-state index contributed by atoms with van der Waals surface area (Å²) in [7, 11) is 3.83. The average molecular weight is 274 g/mol. The lowest BCUT2D eigenvalue weighted by Gasteiger charge is -2.25. The molecule has 0 spiro atoms. The Balaban J connectivity index is 1.91. The molecule has 1 aliphatic heterocycles. The largest absolute Gasteiger partial charge is 0.486 e. The van der Waals surface area contributed by atoms with Gasteiger partial charge in [0.25, 0.3) is 0 Å². The van der Waals surface area contributed by atoms with Gasteiger partial charge in [-0.2, -0.15) is 5.10 Å². The predicted octanol–water partition coefficient (Wildman–Crippen LogP) is 1.09. The van der Waals surface area contributed by atoms with Crippen molar-refractivity contribution in [2.75, 3.05) is 20.3 Å². The van der Waals surface area contributed by atoms with Gasteiger partial charge < -0.3 is 14.8 Å². The molecule has 0 saturated carbocycles. The predicted molar refractivity (Wildman–Crippen MR) is 73.9 cm³/mol. The van der Waals surface area contributed by atoms with E-state index in [1.165, 1.54) is 0 Å². The molecule has 1 N–H and O–H groups in total. The van der Waals surface area contributed by atoms with Crippen LogP contribution in [0.15, 0.2) is 24.5 Å². The average Bonchev–Trinajstić information content (AvgIpc) is 2.89. The molecule has 1 aromatic heterocycles. The number of nitrogens with zero attached hydrogens (tertiary/aromatic N) is 3. The van der Waals surface area contributed by atoms with Gasteiger partial charge in [0.2, 0.25) is 0 Å². The molecule has 106 valence electrons. The number of rotatable bonds is 4. The Labute approximate surface area is 117 Å². The van der Waals surface area contributed by atoms with Crippen molar-refractivity contribution in [2.24, 2.45) is 7.05 Å². The molecular formula is C14H18N4O2. The van der Waals surface area contributed by atoms with Gasteiger partial charge in [-0.15, -0.1) is 0 Å². The number of para-hydroxylation sites is 1. The second kappa shape index (κ2) is 5.50. The summed E-state index contributed by atoms with van der Waals surface area (Å²) in [5.41, 5.74) is 1.09. The smallest absolute Gasteiger partial charge is 0.166 e. The van der Waals surface area contributed by atoms with E-state index >= 15 is 0 Å². The van der Waals surface area contributed by atoms with Crippen molar-refractivity contribution < 1.29 is 9.47 Å². The van der Waals surface area contributed by atoms with E-state index in [0.29, 0.717) is 13.2 Å². The van der Waals surface area contributed by atoms with E-state index in [4.69, 9.17) is 9.47 Å². The number of fused-ring (bicyclic) bond motifs is 1. The van der Waals surface area contributed by atoms with Crippen molar-refractivity contribution in [1.82, 2.24) is 20.1 Å². The van der Waals surface area contributed by atoms with Crippen molar-refractivity contribution >= 4 is 0 Å². The Bertz CT molecular complexity index is 597. The Morgan fingerprint density at radius 3 is 2.95 bits per heavy atom. The van der Waals surface area contributed by atoms with Crippen molar-refractivity contribution in [2.45, 2.75) is 12.5 Å². The first-order chi connectivity index (χ1) is 9.79. The highest BCUT2D eigenvalue weighted by atomic mass is 16.6. The van der Waals surface area contributed by atoms with Crippen LogP contribution in [-0.2, 0) is 13.5 Å². The molecule has 0 bridgehead atoms. The third-order valence-corrected chi connectivity index (χ3v) is 3.51. The van der Waals surface area contributed by atoms with E-state index in [2.05, 4.69) is 21.5 Å². The highest BCUT2D eigenvalue weighted by molar-refractivity contribution is 5.49. The minimum Gasteiger partial charge on any atom is -0.486 e. The van der Waals surface area contributed by atoms with Crippen molar-refractivity contribution in [1.29, 1.82) is 0 Å². The fraction of sp³-hybridized carbons (Fsp3) is 0.429. The molecule has 1 atom stereocenters. The molecule has 1 aliphatic rings. The first-order valence-electron chi connectivity index (χ1n) is 6.68. The summed E-state index contributed by atoms with van der Waals surface area (Å²) in [5.74, 6) is 2.57. The summed E-state index contributed by atoms with van der Waals surface area (Å²) in [6.07, 6.45) is 2.31. The topological polar surface area (TPSA) is 61.2 Å². The van der Waals surface area contributed by atoms with Crippen molar-refractivity contribution in [3.8, 4) is 11.5 Å². The molecule has 1 aromatic carbocycles. The molecule has 6 heteroatoms. The summed E-state index contributed by atoms with van der Waals surface area (Å²) < 4.78 is 13.2. The maximum Gasteiger partial charge on any atom is 0.166 e. The molecule has 2 aromatic rings. The lowest BCUT2D eigenvalue weighted by atomic mass is 10.0. The van der Waals surface area contributed by atoms with Crippen LogP contribution in [0.2, 0.25) is 0 Å². The van der Waals surface area contributed by atoms with Gasteiger partial charge in [0, 0.05) is 25.1 Å². The minimum absolute atomic E-state index is 0.106. The first kappa shape index (κ1) is 12.9. The zero-order chi connectivity index (χ0) is 13.9. The highest BCUT2D eigenvalue weighted by Gasteiger charge is 2.22. The molecule has 2 heterocycles. The standard InChI is InChI=1S/C14H18N4O2/c1-15-11(8-13-16-9-17-18(13)2)10-4-3-5-12-14(10)20-7-6-19-12/h3-5,9,11,15H,6-8H2,1-2H3. The van der Waals surface area contributed by atoms with Gasteiger partial charge in [0.1, 0.15) is 25.4 Å². The number of aromatic nitrogens is 3. The molecule has 20 heavy (non-hydrogen) atoms. The molecule has 6 nitrogen and oxygen atoms in total. The summed E-state index contributed by atoms with van der Waals surface area (Å²) in [5, 5.41) is 7.42. The lowest BCUT2D eigenvalue weighted by Crippen LogP contribution is -2.24. The fourth-order valence-electron chi connectivity index (χ4n) is 2.43. The van der Waals surface area contributed by atoms with Crippen LogP contribution in [0.3, 0.4) is 0 Å². The van der Waals surface area contributed by atoms with E-state index in [1.54, 1.807) is 11.0 Å². The fourth-order valence-corrected chi connectivity index (χ4v) is 2.43. The van der Waals surface area contributed by atoms with Crippen molar-refractivity contribution in [3.05, 3.63) is 35.9 Å². The number of benzene rings is 1. The maximum absolute atomic E-state index is 5.78. The number of nitrogens with one attached hydrogen (secondary N) is 1. The van der Waals surface area contributed by atoms with Gasteiger partial charge >= 0.3 is 0 Å². The van der Waals surface area contributed by atoms with Crippen LogP contribution in [0.1, 0.15) is 17.4 Å². The molecule has 3 rings (SSSR count). The Hall–Kier alpha value is -2.08. The Kier molecular flexibility index (Phi) is 3.56. The van der Waals surface area contributed by atoms with Crippen LogP contribution in [0.4, 0.5) is 0 Å². The number of ether oxygens (including phenoxy) is 2. The molecule has 0 saturated heterocycles. The van der Waals surface area contributed by atoms with Gasteiger partial charge in [0.05, 0.1) is 0 Å². The summed E-state index contributed by atoms with van der Waals surface area (Å²) in [6.45, 7) is 1.19. The molecule has 0 radical (unpaired) electrons. The number of hydrogen-bond donors (Lipinski definition) is 1. The molecule has 1 unspecified atom stereocenters. The van der Waals surface area contributed by atoms with Crippen LogP contribution in [0, 0.1) is 0 Å².